The average Bonchev–Trinajstić information content (AvgIpc) is 1.98. The number of rotatable bonds is 0. The predicted octanol–water partition coefficient (Wildman–Crippen LogP) is 0.545. The van der Waals surface area contributed by atoms with E-state index in [-0.39, 0.29) is 0 Å². The van der Waals surface area contributed by atoms with E-state index < -0.39 is 0 Å². The second-order valence-electron chi connectivity index (χ2n) is 2.42. The van der Waals surface area contributed by atoms with Crippen LogP contribution in [-0.2, 0) is 0 Å². The van der Waals surface area contributed by atoms with Crippen molar-refractivity contribution >= 4 is 0 Å². The van der Waals surface area contributed by atoms with Crippen molar-refractivity contribution in [1.29, 1.82) is 0 Å². The zero-order chi connectivity index (χ0) is 6.15. The highest BCUT2D eigenvalue weighted by Gasteiger charge is 2.15. The lowest BCUT2D eigenvalue weighted by Gasteiger charge is -1.99. The fourth-order valence-electron chi connectivity index (χ4n) is 0.988. The summed E-state index contributed by atoms with van der Waals surface area (Å²) in [5, 5.41) is 0. The molecule has 0 radical (unpaired) electrons. The molecule has 1 aliphatic rings. The molecular formula is C6H12N2. The SMILES string of the molecule is CC1CCC(N)=C1N. The molecule has 1 unspecified atom stereocenters. The van der Waals surface area contributed by atoms with Crippen LogP contribution >= 0.6 is 0 Å². The van der Waals surface area contributed by atoms with E-state index in [1.807, 2.05) is 0 Å². The molecule has 1 rings (SSSR count). The van der Waals surface area contributed by atoms with Crippen LogP contribution in [0.3, 0.4) is 0 Å². The highest BCUT2D eigenvalue weighted by atomic mass is 14.7. The minimum absolute atomic E-state index is 0.523. The van der Waals surface area contributed by atoms with Crippen LogP contribution in [0.5, 0.6) is 0 Å². The maximum absolute atomic E-state index is 5.58. The van der Waals surface area contributed by atoms with Crippen molar-refractivity contribution in [3.63, 3.8) is 0 Å². The molecule has 0 aromatic heterocycles. The average molecular weight is 112 g/mol. The highest BCUT2D eigenvalue weighted by molar-refractivity contribution is 5.15. The van der Waals surface area contributed by atoms with Crippen molar-refractivity contribution in [2.45, 2.75) is 19.8 Å². The van der Waals surface area contributed by atoms with Gasteiger partial charge in [-0.3, -0.25) is 0 Å². The molecule has 2 heteroatoms. The van der Waals surface area contributed by atoms with E-state index in [4.69, 9.17) is 11.5 Å². The number of nitrogens with two attached hydrogens (primary N) is 2. The maximum Gasteiger partial charge on any atom is 0.0300 e. The van der Waals surface area contributed by atoms with E-state index in [2.05, 4.69) is 6.92 Å². The molecule has 0 aromatic rings. The lowest BCUT2D eigenvalue weighted by molar-refractivity contribution is 0.663. The first-order valence-corrected chi connectivity index (χ1v) is 2.96. The summed E-state index contributed by atoms with van der Waals surface area (Å²) >= 11 is 0. The second kappa shape index (κ2) is 1.69. The Hall–Kier alpha value is -0.660. The van der Waals surface area contributed by atoms with Gasteiger partial charge in [-0.1, -0.05) is 6.92 Å². The molecule has 1 atom stereocenters. The van der Waals surface area contributed by atoms with Gasteiger partial charge in [-0.15, -0.1) is 0 Å². The van der Waals surface area contributed by atoms with Gasteiger partial charge in [0.25, 0.3) is 0 Å². The van der Waals surface area contributed by atoms with Crippen LogP contribution in [0.2, 0.25) is 0 Å². The number of allylic oxidation sites excluding steroid dienone is 2. The van der Waals surface area contributed by atoms with Crippen LogP contribution in [0, 0.1) is 5.92 Å². The molecule has 1 aliphatic carbocycles. The van der Waals surface area contributed by atoms with Crippen LogP contribution in [0.1, 0.15) is 19.8 Å². The Labute approximate surface area is 49.5 Å². The summed E-state index contributed by atoms with van der Waals surface area (Å²) in [6.45, 7) is 2.11. The van der Waals surface area contributed by atoms with Crippen molar-refractivity contribution < 1.29 is 0 Å². The summed E-state index contributed by atoms with van der Waals surface area (Å²) in [4.78, 5) is 0. The van der Waals surface area contributed by atoms with Crippen molar-refractivity contribution in [2.75, 3.05) is 0 Å². The van der Waals surface area contributed by atoms with Crippen molar-refractivity contribution in [1.82, 2.24) is 0 Å². The predicted molar refractivity (Wildman–Crippen MR) is 33.8 cm³/mol. The van der Waals surface area contributed by atoms with Gasteiger partial charge in [-0.2, -0.15) is 0 Å². The lowest BCUT2D eigenvalue weighted by atomic mass is 10.1. The van der Waals surface area contributed by atoms with Gasteiger partial charge in [0.1, 0.15) is 0 Å². The Balaban J connectivity index is 2.71. The molecule has 0 aliphatic heterocycles. The Morgan fingerprint density at radius 3 is 2.25 bits per heavy atom. The van der Waals surface area contributed by atoms with Gasteiger partial charge in [-0.25, -0.2) is 0 Å². The molecular weight excluding hydrogens is 100 g/mol. The van der Waals surface area contributed by atoms with E-state index in [1.54, 1.807) is 0 Å². The monoisotopic (exact) mass is 112 g/mol. The first-order chi connectivity index (χ1) is 3.72. The third-order valence-electron chi connectivity index (χ3n) is 1.75. The van der Waals surface area contributed by atoms with Gasteiger partial charge in [0.15, 0.2) is 0 Å². The van der Waals surface area contributed by atoms with Crippen molar-refractivity contribution in [3.8, 4) is 0 Å². The van der Waals surface area contributed by atoms with E-state index in [1.165, 1.54) is 0 Å². The summed E-state index contributed by atoms with van der Waals surface area (Å²) < 4.78 is 0. The molecule has 46 valence electrons. The fraction of sp³-hybridized carbons (Fsp3) is 0.667. The topological polar surface area (TPSA) is 52.0 Å². The van der Waals surface area contributed by atoms with Crippen molar-refractivity contribution in [2.24, 2.45) is 17.4 Å². The fourth-order valence-corrected chi connectivity index (χ4v) is 0.988. The van der Waals surface area contributed by atoms with E-state index in [0.29, 0.717) is 5.92 Å². The minimum Gasteiger partial charge on any atom is -0.401 e. The first kappa shape index (κ1) is 5.48. The minimum atomic E-state index is 0.523. The highest BCUT2D eigenvalue weighted by Crippen LogP contribution is 2.23. The number of hydrogen-bond donors (Lipinski definition) is 2. The molecule has 0 heterocycles. The summed E-state index contributed by atoms with van der Waals surface area (Å²) in [5.41, 5.74) is 12.9. The Morgan fingerprint density at radius 1 is 1.50 bits per heavy atom. The van der Waals surface area contributed by atoms with E-state index in [0.717, 1.165) is 24.2 Å². The largest absolute Gasteiger partial charge is 0.401 e. The van der Waals surface area contributed by atoms with Gasteiger partial charge >= 0.3 is 0 Å². The zero-order valence-electron chi connectivity index (χ0n) is 5.15. The Morgan fingerprint density at radius 2 is 2.12 bits per heavy atom. The van der Waals surface area contributed by atoms with E-state index in [9.17, 15) is 0 Å². The van der Waals surface area contributed by atoms with Crippen LogP contribution in [0.4, 0.5) is 0 Å². The molecule has 0 fully saturated rings. The molecule has 4 N–H and O–H groups in total. The van der Waals surface area contributed by atoms with E-state index >= 15 is 0 Å². The summed E-state index contributed by atoms with van der Waals surface area (Å²) in [5.74, 6) is 0.523. The van der Waals surface area contributed by atoms with Crippen LogP contribution in [-0.4, -0.2) is 0 Å². The lowest BCUT2D eigenvalue weighted by Crippen LogP contribution is -2.07. The summed E-state index contributed by atoms with van der Waals surface area (Å²) in [7, 11) is 0. The van der Waals surface area contributed by atoms with Crippen LogP contribution in [0.25, 0.3) is 0 Å². The molecule has 0 saturated carbocycles. The smallest absolute Gasteiger partial charge is 0.0300 e. The summed E-state index contributed by atoms with van der Waals surface area (Å²) in [6, 6.07) is 0. The van der Waals surface area contributed by atoms with Gasteiger partial charge in [0.05, 0.1) is 0 Å². The zero-order valence-corrected chi connectivity index (χ0v) is 5.15. The molecule has 0 saturated heterocycles. The third kappa shape index (κ3) is 0.661. The second-order valence-corrected chi connectivity index (χ2v) is 2.42. The molecule has 0 spiro atoms. The molecule has 0 amide bonds. The van der Waals surface area contributed by atoms with Gasteiger partial charge in [0.2, 0.25) is 0 Å². The van der Waals surface area contributed by atoms with Crippen LogP contribution in [0.15, 0.2) is 11.4 Å². The Kier molecular flexibility index (Phi) is 1.16. The maximum atomic E-state index is 5.58. The molecule has 8 heavy (non-hydrogen) atoms. The number of hydrogen-bond acceptors (Lipinski definition) is 2. The summed E-state index contributed by atoms with van der Waals surface area (Å²) in [6.07, 6.45) is 2.13. The Bertz CT molecular complexity index is 126. The van der Waals surface area contributed by atoms with Gasteiger partial charge in [-0.05, 0) is 18.8 Å². The first-order valence-electron chi connectivity index (χ1n) is 2.96. The quantitative estimate of drug-likeness (QED) is 0.480. The van der Waals surface area contributed by atoms with Crippen molar-refractivity contribution in [3.05, 3.63) is 11.4 Å². The standard InChI is InChI=1S/C6H12N2/c1-4-2-3-5(7)6(4)8/h4H,2-3,7-8H2,1H3. The molecule has 2 nitrogen and oxygen atoms in total. The van der Waals surface area contributed by atoms with Gasteiger partial charge in [0, 0.05) is 11.4 Å². The molecule has 0 aromatic carbocycles. The third-order valence-corrected chi connectivity index (χ3v) is 1.75. The van der Waals surface area contributed by atoms with Gasteiger partial charge < -0.3 is 11.5 Å². The van der Waals surface area contributed by atoms with Crippen LogP contribution < -0.4 is 11.5 Å². The normalized spacial score (nSPS) is 29.4. The molecule has 0 bridgehead atoms.